The molecule has 2 nitrogen and oxygen atoms in total. The standard InChI is InChI=1S/C16H11F3O2/c17-16(18,19)13-4-2-1-3-12(13)15(20)11-5-6-14-10(9-11)7-8-21-14/h1-6,9H,7-8H2. The predicted octanol–water partition coefficient (Wildman–Crippen LogP) is 3.87. The van der Waals surface area contributed by atoms with Gasteiger partial charge in [-0.05, 0) is 29.8 Å². The Morgan fingerprint density at radius 2 is 1.86 bits per heavy atom. The third kappa shape index (κ3) is 2.51. The third-order valence-electron chi connectivity index (χ3n) is 3.43. The molecule has 5 heteroatoms. The van der Waals surface area contributed by atoms with Crippen molar-refractivity contribution in [2.45, 2.75) is 12.6 Å². The number of carbonyl (C=O) groups is 1. The Bertz CT molecular complexity index is 705. The molecule has 1 heterocycles. The molecule has 1 aliphatic heterocycles. The molecule has 3 rings (SSSR count). The van der Waals surface area contributed by atoms with E-state index in [-0.39, 0.29) is 11.1 Å². The van der Waals surface area contributed by atoms with Crippen molar-refractivity contribution in [2.75, 3.05) is 6.61 Å². The fraction of sp³-hybridized carbons (Fsp3) is 0.188. The van der Waals surface area contributed by atoms with Crippen LogP contribution in [0.1, 0.15) is 27.0 Å². The summed E-state index contributed by atoms with van der Waals surface area (Å²) < 4.78 is 44.2. The second kappa shape index (κ2) is 4.91. The maximum atomic E-state index is 13.0. The zero-order valence-corrected chi connectivity index (χ0v) is 10.9. The second-order valence-corrected chi connectivity index (χ2v) is 4.79. The molecule has 1 aliphatic rings. The molecule has 2 aromatic rings. The van der Waals surface area contributed by atoms with Crippen molar-refractivity contribution in [3.05, 3.63) is 64.7 Å². The smallest absolute Gasteiger partial charge is 0.417 e. The van der Waals surface area contributed by atoms with Gasteiger partial charge in [0.15, 0.2) is 5.78 Å². The molecule has 0 bridgehead atoms. The minimum absolute atomic E-state index is 0.246. The number of ketones is 1. The van der Waals surface area contributed by atoms with Crippen LogP contribution in [-0.4, -0.2) is 12.4 Å². The molecule has 0 fully saturated rings. The van der Waals surface area contributed by atoms with Crippen molar-refractivity contribution in [1.29, 1.82) is 0 Å². The van der Waals surface area contributed by atoms with Gasteiger partial charge in [-0.15, -0.1) is 0 Å². The van der Waals surface area contributed by atoms with E-state index in [1.807, 2.05) is 0 Å². The summed E-state index contributed by atoms with van der Waals surface area (Å²) in [6.45, 7) is 0.534. The Morgan fingerprint density at radius 3 is 2.62 bits per heavy atom. The van der Waals surface area contributed by atoms with Crippen LogP contribution in [-0.2, 0) is 12.6 Å². The van der Waals surface area contributed by atoms with E-state index in [0.29, 0.717) is 18.8 Å². The van der Waals surface area contributed by atoms with Gasteiger partial charge < -0.3 is 4.74 Å². The lowest BCUT2D eigenvalue weighted by atomic mass is 9.96. The maximum Gasteiger partial charge on any atom is 0.417 e. The molecule has 0 saturated heterocycles. The molecular weight excluding hydrogens is 281 g/mol. The first kappa shape index (κ1) is 13.7. The van der Waals surface area contributed by atoms with Crippen LogP contribution in [0, 0.1) is 0 Å². The Balaban J connectivity index is 2.03. The van der Waals surface area contributed by atoms with Crippen molar-refractivity contribution in [3.63, 3.8) is 0 Å². The molecule has 21 heavy (non-hydrogen) atoms. The van der Waals surface area contributed by atoms with E-state index in [1.165, 1.54) is 24.3 Å². The summed E-state index contributed by atoms with van der Waals surface area (Å²) in [6.07, 6.45) is -3.89. The van der Waals surface area contributed by atoms with Gasteiger partial charge in [0, 0.05) is 17.5 Å². The fourth-order valence-corrected chi connectivity index (χ4v) is 2.41. The average Bonchev–Trinajstić information content (AvgIpc) is 2.93. The summed E-state index contributed by atoms with van der Waals surface area (Å²) in [7, 11) is 0. The molecule has 108 valence electrons. The Hall–Kier alpha value is -2.30. The molecule has 0 aliphatic carbocycles. The van der Waals surface area contributed by atoms with Crippen molar-refractivity contribution in [1.82, 2.24) is 0 Å². The van der Waals surface area contributed by atoms with Crippen LogP contribution in [0.15, 0.2) is 42.5 Å². The minimum atomic E-state index is -4.55. The number of alkyl halides is 3. The third-order valence-corrected chi connectivity index (χ3v) is 3.43. The summed E-state index contributed by atoms with van der Waals surface area (Å²) in [5.74, 6) is 0.0632. The average molecular weight is 292 g/mol. The molecule has 0 saturated carbocycles. The first-order valence-electron chi connectivity index (χ1n) is 6.43. The fourth-order valence-electron chi connectivity index (χ4n) is 2.41. The second-order valence-electron chi connectivity index (χ2n) is 4.79. The van der Waals surface area contributed by atoms with Crippen LogP contribution in [0.2, 0.25) is 0 Å². The zero-order chi connectivity index (χ0) is 15.0. The lowest BCUT2D eigenvalue weighted by Crippen LogP contribution is -2.13. The maximum absolute atomic E-state index is 13.0. The Labute approximate surface area is 119 Å². The molecule has 0 spiro atoms. The highest BCUT2D eigenvalue weighted by Gasteiger charge is 2.35. The molecule has 0 unspecified atom stereocenters. The number of benzene rings is 2. The van der Waals surface area contributed by atoms with Crippen LogP contribution in [0.25, 0.3) is 0 Å². The van der Waals surface area contributed by atoms with E-state index in [2.05, 4.69) is 0 Å². The molecule has 0 radical (unpaired) electrons. The van der Waals surface area contributed by atoms with Gasteiger partial charge in [-0.3, -0.25) is 4.79 Å². The summed E-state index contributed by atoms with van der Waals surface area (Å²) in [5.41, 5.74) is -0.142. The predicted molar refractivity (Wildman–Crippen MR) is 70.5 cm³/mol. The van der Waals surface area contributed by atoms with Crippen molar-refractivity contribution in [3.8, 4) is 5.75 Å². The Kier molecular flexibility index (Phi) is 3.20. The summed E-state index contributed by atoms with van der Waals surface area (Å²) >= 11 is 0. The van der Waals surface area contributed by atoms with Gasteiger partial charge in [0.1, 0.15) is 5.75 Å². The Morgan fingerprint density at radius 1 is 1.10 bits per heavy atom. The van der Waals surface area contributed by atoms with Crippen molar-refractivity contribution in [2.24, 2.45) is 0 Å². The summed E-state index contributed by atoms with van der Waals surface area (Å²) in [4.78, 5) is 12.4. The van der Waals surface area contributed by atoms with E-state index in [0.717, 1.165) is 11.6 Å². The van der Waals surface area contributed by atoms with Crippen LogP contribution in [0.4, 0.5) is 13.2 Å². The number of ether oxygens (including phenoxy) is 1. The van der Waals surface area contributed by atoms with E-state index >= 15 is 0 Å². The topological polar surface area (TPSA) is 26.3 Å². The molecule has 0 atom stereocenters. The molecule has 0 N–H and O–H groups in total. The molecule has 0 amide bonds. The van der Waals surface area contributed by atoms with E-state index in [4.69, 9.17) is 4.74 Å². The van der Waals surface area contributed by atoms with Crippen molar-refractivity contribution >= 4 is 5.78 Å². The monoisotopic (exact) mass is 292 g/mol. The largest absolute Gasteiger partial charge is 0.493 e. The van der Waals surface area contributed by atoms with E-state index < -0.39 is 17.5 Å². The van der Waals surface area contributed by atoms with Crippen LogP contribution in [0.5, 0.6) is 5.75 Å². The first-order chi connectivity index (χ1) is 9.97. The van der Waals surface area contributed by atoms with Gasteiger partial charge in [0.05, 0.1) is 12.2 Å². The number of hydrogen-bond donors (Lipinski definition) is 0. The van der Waals surface area contributed by atoms with Gasteiger partial charge in [-0.2, -0.15) is 13.2 Å². The van der Waals surface area contributed by atoms with E-state index in [9.17, 15) is 18.0 Å². The highest BCUT2D eigenvalue weighted by atomic mass is 19.4. The van der Waals surface area contributed by atoms with Crippen LogP contribution >= 0.6 is 0 Å². The number of carbonyl (C=O) groups excluding carboxylic acids is 1. The minimum Gasteiger partial charge on any atom is -0.493 e. The molecule has 0 aromatic heterocycles. The summed E-state index contributed by atoms with van der Waals surface area (Å²) in [6, 6.07) is 9.57. The van der Waals surface area contributed by atoms with E-state index in [1.54, 1.807) is 12.1 Å². The van der Waals surface area contributed by atoms with Crippen LogP contribution < -0.4 is 4.74 Å². The van der Waals surface area contributed by atoms with Crippen LogP contribution in [0.3, 0.4) is 0 Å². The number of hydrogen-bond acceptors (Lipinski definition) is 2. The lowest BCUT2D eigenvalue weighted by molar-refractivity contribution is -0.137. The first-order valence-corrected chi connectivity index (χ1v) is 6.43. The van der Waals surface area contributed by atoms with Gasteiger partial charge in [0.25, 0.3) is 0 Å². The number of fused-ring (bicyclic) bond motifs is 1. The van der Waals surface area contributed by atoms with Gasteiger partial charge >= 0.3 is 6.18 Å². The highest BCUT2D eigenvalue weighted by molar-refractivity contribution is 6.10. The zero-order valence-electron chi connectivity index (χ0n) is 10.9. The lowest BCUT2D eigenvalue weighted by Gasteiger charge is -2.12. The number of halogens is 3. The van der Waals surface area contributed by atoms with Gasteiger partial charge in [-0.1, -0.05) is 18.2 Å². The van der Waals surface area contributed by atoms with Crippen molar-refractivity contribution < 1.29 is 22.7 Å². The normalized spacial score (nSPS) is 13.7. The van der Waals surface area contributed by atoms with Gasteiger partial charge in [0.2, 0.25) is 0 Å². The highest BCUT2D eigenvalue weighted by Crippen LogP contribution is 2.33. The van der Waals surface area contributed by atoms with Gasteiger partial charge in [-0.25, -0.2) is 0 Å². The molecular formula is C16H11F3O2. The SMILES string of the molecule is O=C(c1ccc2c(c1)CCO2)c1ccccc1C(F)(F)F. The quantitative estimate of drug-likeness (QED) is 0.785. The number of rotatable bonds is 2. The molecule has 2 aromatic carbocycles. The summed E-state index contributed by atoms with van der Waals surface area (Å²) in [5, 5.41) is 0.